The van der Waals surface area contributed by atoms with Crippen LogP contribution in [0.2, 0.25) is 0 Å². The van der Waals surface area contributed by atoms with Gasteiger partial charge in [0.15, 0.2) is 0 Å². The molecule has 0 aromatic carbocycles. The molecule has 0 N–H and O–H groups in total. The maximum atomic E-state index is 9.98. The van der Waals surface area contributed by atoms with Gasteiger partial charge in [-0.3, -0.25) is 0 Å². The SMILES string of the molecule is CSP1(=S)OC(=O)O1. The Bertz CT molecular complexity index is 155. The third kappa shape index (κ3) is 0.989. The predicted octanol–water partition coefficient (Wildman–Crippen LogP) is 1.74. The van der Waals surface area contributed by atoms with E-state index >= 15 is 0 Å². The van der Waals surface area contributed by atoms with Gasteiger partial charge in [-0.1, -0.05) is 0 Å². The molecule has 8 heavy (non-hydrogen) atoms. The van der Waals surface area contributed by atoms with E-state index in [0.29, 0.717) is 0 Å². The molecule has 0 unspecified atom stereocenters. The molecule has 0 spiro atoms. The average Bonchev–Trinajstić information content (AvgIpc) is 1.63. The Hall–Kier alpha value is 0.270. The molecule has 1 saturated heterocycles. The van der Waals surface area contributed by atoms with Crippen LogP contribution in [-0.4, -0.2) is 12.4 Å². The van der Waals surface area contributed by atoms with Gasteiger partial charge in [-0.15, -0.1) is 0 Å². The van der Waals surface area contributed by atoms with Gasteiger partial charge in [-0.05, 0) is 17.6 Å². The highest BCUT2D eigenvalue weighted by molar-refractivity contribution is 8.68. The molecule has 1 fully saturated rings. The highest BCUT2D eigenvalue weighted by Gasteiger charge is 2.38. The van der Waals surface area contributed by atoms with Gasteiger partial charge in [-0.2, -0.15) is 0 Å². The number of hydrogen-bond acceptors (Lipinski definition) is 5. The zero-order chi connectivity index (χ0) is 6.20. The van der Waals surface area contributed by atoms with Gasteiger partial charge < -0.3 is 9.05 Å². The Morgan fingerprint density at radius 3 is 2.38 bits per heavy atom. The summed E-state index contributed by atoms with van der Waals surface area (Å²) >= 11 is 6.00. The Labute approximate surface area is 55.7 Å². The molecular formula is C2H3O3PS2. The first-order chi connectivity index (χ1) is 3.66. The van der Waals surface area contributed by atoms with Crippen LogP contribution in [0.4, 0.5) is 4.79 Å². The van der Waals surface area contributed by atoms with Crippen LogP contribution in [0.5, 0.6) is 0 Å². The lowest BCUT2D eigenvalue weighted by molar-refractivity contribution is 0.122. The topological polar surface area (TPSA) is 35.5 Å². The summed E-state index contributed by atoms with van der Waals surface area (Å²) in [6.45, 7) is 0. The van der Waals surface area contributed by atoms with E-state index in [-0.39, 0.29) is 0 Å². The monoisotopic (exact) mass is 170 g/mol. The van der Waals surface area contributed by atoms with Crippen LogP contribution in [0.1, 0.15) is 0 Å². The zero-order valence-corrected chi connectivity index (χ0v) is 6.52. The highest BCUT2D eigenvalue weighted by atomic mass is 32.9. The van der Waals surface area contributed by atoms with E-state index in [1.165, 1.54) is 11.4 Å². The fourth-order valence-corrected chi connectivity index (χ4v) is 1.97. The van der Waals surface area contributed by atoms with Crippen molar-refractivity contribution < 1.29 is 13.8 Å². The van der Waals surface area contributed by atoms with Crippen LogP contribution < -0.4 is 0 Å². The molecule has 1 heterocycles. The normalized spacial score (nSPS) is 22.9. The number of rotatable bonds is 1. The van der Waals surface area contributed by atoms with Crippen molar-refractivity contribution in [2.75, 3.05) is 6.26 Å². The fraction of sp³-hybridized carbons (Fsp3) is 0.500. The molecule has 0 atom stereocenters. The molecule has 0 aromatic rings. The minimum absolute atomic E-state index is 0.636. The van der Waals surface area contributed by atoms with E-state index in [1.807, 2.05) is 0 Å². The van der Waals surface area contributed by atoms with Crippen LogP contribution in [0.15, 0.2) is 0 Å². The lowest BCUT2D eigenvalue weighted by Gasteiger charge is -2.25. The van der Waals surface area contributed by atoms with Crippen LogP contribution in [0.25, 0.3) is 0 Å². The molecule has 0 aliphatic carbocycles. The third-order valence-corrected chi connectivity index (χ3v) is 5.37. The summed E-state index contributed by atoms with van der Waals surface area (Å²) in [5.41, 5.74) is -2.13. The quantitative estimate of drug-likeness (QED) is 0.560. The van der Waals surface area contributed by atoms with Gasteiger partial charge in [0.1, 0.15) is 0 Å². The van der Waals surface area contributed by atoms with Crippen molar-refractivity contribution >= 4 is 35.0 Å². The molecule has 0 amide bonds. The van der Waals surface area contributed by atoms with Gasteiger partial charge in [0.25, 0.3) is 0 Å². The molecule has 0 bridgehead atoms. The molecule has 6 heteroatoms. The predicted molar refractivity (Wildman–Crippen MR) is 35.4 cm³/mol. The molecule has 1 rings (SSSR count). The van der Waals surface area contributed by atoms with Gasteiger partial charge >= 0.3 is 11.8 Å². The molecule has 3 nitrogen and oxygen atoms in total. The Balaban J connectivity index is 2.53. The van der Waals surface area contributed by atoms with Crippen molar-refractivity contribution in [1.29, 1.82) is 0 Å². The number of carbonyl (C=O) groups excluding carboxylic acids is 1. The van der Waals surface area contributed by atoms with Crippen molar-refractivity contribution in [3.05, 3.63) is 0 Å². The molecular weight excluding hydrogens is 167 g/mol. The van der Waals surface area contributed by atoms with E-state index in [9.17, 15) is 4.79 Å². The van der Waals surface area contributed by atoms with E-state index < -0.39 is 11.8 Å². The summed E-state index contributed by atoms with van der Waals surface area (Å²) in [5.74, 6) is 0. The molecule has 0 radical (unpaired) electrons. The second-order valence-corrected chi connectivity index (χ2v) is 7.36. The van der Waals surface area contributed by atoms with Crippen molar-refractivity contribution in [1.82, 2.24) is 0 Å². The second kappa shape index (κ2) is 1.90. The highest BCUT2D eigenvalue weighted by Crippen LogP contribution is 2.66. The van der Waals surface area contributed by atoms with Crippen molar-refractivity contribution in [3.63, 3.8) is 0 Å². The minimum Gasteiger partial charge on any atom is -0.362 e. The maximum absolute atomic E-state index is 9.98. The first kappa shape index (κ1) is 6.39. The van der Waals surface area contributed by atoms with Crippen LogP contribution in [-0.2, 0) is 20.9 Å². The van der Waals surface area contributed by atoms with Crippen LogP contribution >= 0.6 is 17.1 Å². The third-order valence-electron chi connectivity index (χ3n) is 0.596. The van der Waals surface area contributed by atoms with Crippen molar-refractivity contribution in [3.8, 4) is 0 Å². The standard InChI is InChI=1S/C2H3O3PS2/c1-8-6(7)4-2(3)5-6/h1H3. The van der Waals surface area contributed by atoms with Gasteiger partial charge in [0, 0.05) is 11.8 Å². The Kier molecular flexibility index (Phi) is 1.52. The largest absolute Gasteiger partial charge is 0.521 e. The van der Waals surface area contributed by atoms with E-state index in [2.05, 4.69) is 9.05 Å². The zero-order valence-electron chi connectivity index (χ0n) is 3.99. The van der Waals surface area contributed by atoms with Gasteiger partial charge in [0.2, 0.25) is 0 Å². The van der Waals surface area contributed by atoms with Crippen molar-refractivity contribution in [2.24, 2.45) is 0 Å². The van der Waals surface area contributed by atoms with Gasteiger partial charge in [-0.25, -0.2) is 4.79 Å². The molecule has 0 saturated carbocycles. The fourth-order valence-electron chi connectivity index (χ4n) is 0.264. The Morgan fingerprint density at radius 1 is 1.75 bits per heavy atom. The van der Waals surface area contributed by atoms with Crippen LogP contribution in [0, 0.1) is 0 Å². The summed E-state index contributed by atoms with van der Waals surface area (Å²) in [7, 11) is 0. The first-order valence-corrected chi connectivity index (χ1v) is 6.22. The maximum Gasteiger partial charge on any atom is 0.521 e. The lowest BCUT2D eigenvalue weighted by atomic mass is 11.5. The first-order valence-electron chi connectivity index (χ1n) is 1.75. The number of carbonyl (C=O) groups is 1. The lowest BCUT2D eigenvalue weighted by Crippen LogP contribution is -2.13. The van der Waals surface area contributed by atoms with E-state index in [0.717, 1.165) is 0 Å². The minimum atomic E-state index is -2.13. The summed E-state index contributed by atoms with van der Waals surface area (Å²) in [5, 5.41) is 0. The smallest absolute Gasteiger partial charge is 0.362 e. The van der Waals surface area contributed by atoms with E-state index in [1.54, 1.807) is 6.26 Å². The summed E-state index contributed by atoms with van der Waals surface area (Å²) in [6.07, 6.45) is 1.12. The Morgan fingerprint density at radius 2 is 2.25 bits per heavy atom. The summed E-state index contributed by atoms with van der Waals surface area (Å²) in [6, 6.07) is 0. The second-order valence-electron chi connectivity index (χ2n) is 1.06. The average molecular weight is 170 g/mol. The molecule has 46 valence electrons. The van der Waals surface area contributed by atoms with Gasteiger partial charge in [0.05, 0.1) is 0 Å². The molecule has 1 aliphatic heterocycles. The van der Waals surface area contributed by atoms with Crippen molar-refractivity contribution in [2.45, 2.75) is 0 Å². The summed E-state index contributed by atoms with van der Waals surface area (Å²) in [4.78, 5) is 9.98. The molecule has 1 aliphatic rings. The molecule has 0 aromatic heterocycles. The number of hydrogen-bond donors (Lipinski definition) is 0. The van der Waals surface area contributed by atoms with Crippen LogP contribution in [0.3, 0.4) is 0 Å². The van der Waals surface area contributed by atoms with E-state index in [4.69, 9.17) is 11.8 Å². The summed E-state index contributed by atoms with van der Waals surface area (Å²) < 4.78 is 9.01.